The number of hydrogen-bond acceptors (Lipinski definition) is 5. The molecule has 0 atom stereocenters. The van der Waals surface area contributed by atoms with Gasteiger partial charge in [-0.1, -0.05) is 0 Å². The first-order valence-electron chi connectivity index (χ1n) is 4.16. The third-order valence-electron chi connectivity index (χ3n) is 1.65. The number of tetrazole rings is 1. The molecule has 2 rings (SSSR count). The Morgan fingerprint density at radius 1 is 1.50 bits per heavy atom. The molecule has 0 aromatic carbocycles. The van der Waals surface area contributed by atoms with Crippen molar-refractivity contribution in [2.24, 2.45) is 0 Å². The maximum absolute atomic E-state index is 10.4. The summed E-state index contributed by atoms with van der Waals surface area (Å²) in [5, 5.41) is 19.7. The van der Waals surface area contributed by atoms with Crippen molar-refractivity contribution in [3.8, 4) is 11.4 Å². The highest BCUT2D eigenvalue weighted by atomic mass is 35.5. The SMILES string of the molecule is Cl.O=C(O)Cn1nnc(-c2cccnc2)n1. The highest BCUT2D eigenvalue weighted by Crippen LogP contribution is 2.09. The molecule has 0 saturated carbocycles. The van der Waals surface area contributed by atoms with Crippen molar-refractivity contribution < 1.29 is 9.90 Å². The Morgan fingerprint density at radius 3 is 2.94 bits per heavy atom. The van der Waals surface area contributed by atoms with Crippen molar-refractivity contribution in [1.82, 2.24) is 25.2 Å². The minimum absolute atomic E-state index is 0. The first-order valence-corrected chi connectivity index (χ1v) is 4.16. The number of carboxylic acid groups (broad SMARTS) is 1. The zero-order chi connectivity index (χ0) is 10.7. The number of nitrogens with zero attached hydrogens (tertiary/aromatic N) is 5. The molecule has 2 aromatic heterocycles. The topological polar surface area (TPSA) is 93.8 Å². The summed E-state index contributed by atoms with van der Waals surface area (Å²) in [7, 11) is 0. The number of halogens is 1. The van der Waals surface area contributed by atoms with Crippen molar-refractivity contribution >= 4 is 18.4 Å². The molecule has 0 aliphatic carbocycles. The fourth-order valence-corrected chi connectivity index (χ4v) is 1.04. The van der Waals surface area contributed by atoms with Crippen molar-refractivity contribution in [3.63, 3.8) is 0 Å². The highest BCUT2D eigenvalue weighted by Gasteiger charge is 2.07. The Hall–Kier alpha value is -2.02. The van der Waals surface area contributed by atoms with Crippen LogP contribution in [0.4, 0.5) is 0 Å². The monoisotopic (exact) mass is 241 g/mol. The fraction of sp³-hybridized carbons (Fsp3) is 0.125. The minimum atomic E-state index is -1.01. The Kier molecular flexibility index (Phi) is 3.90. The molecule has 84 valence electrons. The van der Waals surface area contributed by atoms with E-state index in [9.17, 15) is 4.79 Å². The average Bonchev–Trinajstić information content (AvgIpc) is 2.67. The van der Waals surface area contributed by atoms with Gasteiger partial charge in [-0.05, 0) is 17.3 Å². The second-order valence-corrected chi connectivity index (χ2v) is 2.78. The predicted molar refractivity (Wildman–Crippen MR) is 55.9 cm³/mol. The number of rotatable bonds is 3. The van der Waals surface area contributed by atoms with E-state index in [2.05, 4.69) is 20.4 Å². The van der Waals surface area contributed by atoms with Crippen LogP contribution in [0.25, 0.3) is 11.4 Å². The standard InChI is InChI=1S/C8H7N5O2.ClH/c14-7(15)5-13-11-8(10-12-13)6-2-1-3-9-4-6;/h1-4H,5H2,(H,14,15);1H. The molecule has 0 saturated heterocycles. The van der Waals surface area contributed by atoms with Gasteiger partial charge < -0.3 is 5.11 Å². The molecule has 0 spiro atoms. The van der Waals surface area contributed by atoms with Crippen LogP contribution in [0.3, 0.4) is 0 Å². The number of carboxylic acids is 1. The molecule has 2 heterocycles. The van der Waals surface area contributed by atoms with Gasteiger partial charge in [-0.25, -0.2) is 0 Å². The number of pyridine rings is 1. The van der Waals surface area contributed by atoms with Crippen LogP contribution in [0, 0.1) is 0 Å². The molecule has 2 aromatic rings. The largest absolute Gasteiger partial charge is 0.480 e. The lowest BCUT2D eigenvalue weighted by Crippen LogP contribution is -2.11. The van der Waals surface area contributed by atoms with Gasteiger partial charge in [0.2, 0.25) is 5.82 Å². The van der Waals surface area contributed by atoms with Gasteiger partial charge in [0.25, 0.3) is 0 Å². The van der Waals surface area contributed by atoms with Crippen molar-refractivity contribution in [2.45, 2.75) is 6.54 Å². The van der Waals surface area contributed by atoms with Crippen LogP contribution in [0.5, 0.6) is 0 Å². The summed E-state index contributed by atoms with van der Waals surface area (Å²) in [5.41, 5.74) is 0.703. The van der Waals surface area contributed by atoms with Gasteiger partial charge in [-0.3, -0.25) is 9.78 Å². The first-order chi connectivity index (χ1) is 7.25. The zero-order valence-electron chi connectivity index (χ0n) is 8.02. The second kappa shape index (κ2) is 5.17. The molecule has 0 aliphatic heterocycles. The van der Waals surface area contributed by atoms with Gasteiger partial charge in [-0.15, -0.1) is 22.6 Å². The number of carbonyl (C=O) groups is 1. The smallest absolute Gasteiger partial charge is 0.327 e. The number of aromatic nitrogens is 5. The van der Waals surface area contributed by atoms with Crippen molar-refractivity contribution in [3.05, 3.63) is 24.5 Å². The van der Waals surface area contributed by atoms with E-state index in [1.165, 1.54) is 0 Å². The molecule has 0 bridgehead atoms. The van der Waals surface area contributed by atoms with Gasteiger partial charge in [-0.2, -0.15) is 4.80 Å². The Morgan fingerprint density at radius 2 is 2.31 bits per heavy atom. The molecule has 0 amide bonds. The number of hydrogen-bond donors (Lipinski definition) is 1. The third kappa shape index (κ3) is 2.74. The van der Waals surface area contributed by atoms with Crippen LogP contribution in [0.2, 0.25) is 0 Å². The summed E-state index contributed by atoms with van der Waals surface area (Å²) in [5.74, 6) is -0.644. The molecular formula is C8H8ClN5O2. The van der Waals surface area contributed by atoms with Crippen molar-refractivity contribution in [2.75, 3.05) is 0 Å². The number of aliphatic carboxylic acids is 1. The lowest BCUT2D eigenvalue weighted by Gasteiger charge is -1.91. The molecule has 0 radical (unpaired) electrons. The normalized spacial score (nSPS) is 9.50. The summed E-state index contributed by atoms with van der Waals surface area (Å²) in [4.78, 5) is 15.3. The predicted octanol–water partition coefficient (Wildman–Crippen LogP) is 0.241. The van der Waals surface area contributed by atoms with E-state index < -0.39 is 5.97 Å². The highest BCUT2D eigenvalue weighted by molar-refractivity contribution is 5.85. The van der Waals surface area contributed by atoms with Crippen LogP contribution in [0.1, 0.15) is 0 Å². The van der Waals surface area contributed by atoms with Crippen LogP contribution in [-0.2, 0) is 11.3 Å². The second-order valence-electron chi connectivity index (χ2n) is 2.78. The van der Waals surface area contributed by atoms with Crippen LogP contribution in [-0.4, -0.2) is 36.3 Å². The van der Waals surface area contributed by atoms with E-state index in [1.54, 1.807) is 24.5 Å². The molecule has 0 aliphatic rings. The Labute approximate surface area is 96.5 Å². The van der Waals surface area contributed by atoms with E-state index in [0.717, 1.165) is 4.80 Å². The Bertz CT molecular complexity index is 472. The van der Waals surface area contributed by atoms with Crippen LogP contribution >= 0.6 is 12.4 Å². The third-order valence-corrected chi connectivity index (χ3v) is 1.65. The summed E-state index contributed by atoms with van der Waals surface area (Å²) in [6, 6.07) is 3.52. The molecule has 0 unspecified atom stereocenters. The molecule has 7 nitrogen and oxygen atoms in total. The summed E-state index contributed by atoms with van der Waals surface area (Å²) in [6.45, 7) is -0.298. The van der Waals surface area contributed by atoms with Crippen LogP contribution in [0.15, 0.2) is 24.5 Å². The van der Waals surface area contributed by atoms with Gasteiger partial charge in [0.05, 0.1) is 0 Å². The minimum Gasteiger partial charge on any atom is -0.480 e. The van der Waals surface area contributed by atoms with Crippen LogP contribution < -0.4 is 0 Å². The average molecular weight is 242 g/mol. The molecular weight excluding hydrogens is 234 g/mol. The lowest BCUT2D eigenvalue weighted by atomic mass is 10.3. The zero-order valence-corrected chi connectivity index (χ0v) is 8.83. The summed E-state index contributed by atoms with van der Waals surface area (Å²) >= 11 is 0. The van der Waals surface area contributed by atoms with Gasteiger partial charge in [0.1, 0.15) is 0 Å². The maximum atomic E-state index is 10.4. The van der Waals surface area contributed by atoms with Gasteiger partial charge in [0.15, 0.2) is 6.54 Å². The van der Waals surface area contributed by atoms with E-state index in [4.69, 9.17) is 5.11 Å². The fourth-order valence-electron chi connectivity index (χ4n) is 1.04. The van der Waals surface area contributed by atoms with E-state index in [0.29, 0.717) is 11.4 Å². The molecule has 8 heteroatoms. The van der Waals surface area contributed by atoms with Crippen molar-refractivity contribution in [1.29, 1.82) is 0 Å². The molecule has 0 fully saturated rings. The molecule has 1 N–H and O–H groups in total. The van der Waals surface area contributed by atoms with Gasteiger partial charge >= 0.3 is 5.97 Å². The van der Waals surface area contributed by atoms with E-state index in [1.807, 2.05) is 0 Å². The quantitative estimate of drug-likeness (QED) is 0.827. The molecule has 16 heavy (non-hydrogen) atoms. The van der Waals surface area contributed by atoms with E-state index in [-0.39, 0.29) is 19.0 Å². The lowest BCUT2D eigenvalue weighted by molar-refractivity contribution is -0.138. The summed E-state index contributed by atoms with van der Waals surface area (Å²) in [6.07, 6.45) is 3.22. The Balaban J connectivity index is 0.00000128. The first kappa shape index (κ1) is 12.1. The van der Waals surface area contributed by atoms with Gasteiger partial charge in [0, 0.05) is 18.0 Å². The maximum Gasteiger partial charge on any atom is 0.327 e. The van der Waals surface area contributed by atoms with E-state index >= 15 is 0 Å². The summed E-state index contributed by atoms with van der Waals surface area (Å²) < 4.78 is 0.